The Balaban J connectivity index is 2.59. The van der Waals surface area contributed by atoms with E-state index < -0.39 is 0 Å². The fraction of sp³-hybridized carbons (Fsp3) is 0.462. The highest BCUT2D eigenvalue weighted by molar-refractivity contribution is 6.30. The predicted octanol–water partition coefficient (Wildman–Crippen LogP) is 3.41. The Morgan fingerprint density at radius 2 is 1.94 bits per heavy atom. The highest BCUT2D eigenvalue weighted by Crippen LogP contribution is 2.15. The van der Waals surface area contributed by atoms with Gasteiger partial charge >= 0.3 is 6.09 Å². The molecule has 0 aromatic heterocycles. The van der Waals surface area contributed by atoms with Gasteiger partial charge in [0.05, 0.1) is 6.61 Å². The number of benzene rings is 1. The molecule has 0 radical (unpaired) electrons. The second-order valence-corrected chi connectivity index (χ2v) is 4.97. The van der Waals surface area contributed by atoms with Crippen LogP contribution in [0.3, 0.4) is 0 Å². The van der Waals surface area contributed by atoms with E-state index in [1.54, 1.807) is 6.92 Å². The van der Waals surface area contributed by atoms with E-state index in [9.17, 15) is 4.79 Å². The van der Waals surface area contributed by atoms with E-state index in [-0.39, 0.29) is 11.6 Å². The van der Waals surface area contributed by atoms with Gasteiger partial charge in [0.25, 0.3) is 0 Å². The van der Waals surface area contributed by atoms with E-state index in [1.807, 2.05) is 38.1 Å². The summed E-state index contributed by atoms with van der Waals surface area (Å²) in [6.45, 7) is 6.08. The van der Waals surface area contributed by atoms with E-state index in [0.29, 0.717) is 11.6 Å². The third kappa shape index (κ3) is 5.09. The van der Waals surface area contributed by atoms with Gasteiger partial charge in [0.15, 0.2) is 0 Å². The van der Waals surface area contributed by atoms with Crippen LogP contribution in [-0.4, -0.2) is 18.2 Å². The average molecular weight is 256 g/mol. The van der Waals surface area contributed by atoms with Gasteiger partial charge < -0.3 is 10.1 Å². The molecule has 1 rings (SSSR count). The van der Waals surface area contributed by atoms with Crippen molar-refractivity contribution in [2.75, 3.05) is 6.61 Å². The molecule has 0 aliphatic carbocycles. The average Bonchev–Trinajstić information content (AvgIpc) is 2.20. The van der Waals surface area contributed by atoms with E-state index in [4.69, 9.17) is 16.3 Å². The summed E-state index contributed by atoms with van der Waals surface area (Å²) in [5.74, 6) is 0. The van der Waals surface area contributed by atoms with Crippen molar-refractivity contribution in [3.63, 3.8) is 0 Å². The Labute approximate surface area is 107 Å². The summed E-state index contributed by atoms with van der Waals surface area (Å²) in [4.78, 5) is 11.3. The summed E-state index contributed by atoms with van der Waals surface area (Å²) in [6.07, 6.45) is 0.342. The van der Waals surface area contributed by atoms with Crippen molar-refractivity contribution < 1.29 is 9.53 Å². The van der Waals surface area contributed by atoms with Gasteiger partial charge in [-0.2, -0.15) is 0 Å². The Morgan fingerprint density at radius 3 is 2.47 bits per heavy atom. The Kier molecular flexibility index (Phi) is 4.82. The quantitative estimate of drug-likeness (QED) is 0.895. The first-order valence-corrected chi connectivity index (χ1v) is 6.00. The second-order valence-electron chi connectivity index (χ2n) is 4.53. The number of amides is 1. The van der Waals surface area contributed by atoms with Crippen LogP contribution in [0.25, 0.3) is 0 Å². The number of nitrogens with one attached hydrogen (secondary N) is 1. The molecule has 0 aliphatic rings. The first kappa shape index (κ1) is 13.8. The maximum atomic E-state index is 11.3. The standard InChI is InChI=1S/C13H18ClNO2/c1-4-17-12(16)15-13(2,3)9-10-5-7-11(14)8-6-10/h5-8H,4,9H2,1-3H3,(H,15,16). The SMILES string of the molecule is CCOC(=O)NC(C)(C)Cc1ccc(Cl)cc1. The number of hydrogen-bond acceptors (Lipinski definition) is 2. The maximum Gasteiger partial charge on any atom is 0.407 e. The number of halogens is 1. The molecule has 0 unspecified atom stereocenters. The molecular weight excluding hydrogens is 238 g/mol. The van der Waals surface area contributed by atoms with Crippen LogP contribution in [0.15, 0.2) is 24.3 Å². The number of carbonyl (C=O) groups is 1. The Bertz CT molecular complexity index is 374. The third-order valence-electron chi connectivity index (χ3n) is 2.28. The largest absolute Gasteiger partial charge is 0.450 e. The van der Waals surface area contributed by atoms with Gasteiger partial charge in [-0.1, -0.05) is 23.7 Å². The first-order chi connectivity index (χ1) is 7.93. The molecule has 1 aromatic carbocycles. The van der Waals surface area contributed by atoms with Gasteiger partial charge in [-0.15, -0.1) is 0 Å². The van der Waals surface area contributed by atoms with Crippen molar-refractivity contribution in [2.45, 2.75) is 32.7 Å². The summed E-state index contributed by atoms with van der Waals surface area (Å²) in [6, 6.07) is 7.60. The van der Waals surface area contributed by atoms with Gasteiger partial charge in [0, 0.05) is 10.6 Å². The number of ether oxygens (including phenoxy) is 1. The molecule has 94 valence electrons. The minimum atomic E-state index is -0.383. The molecule has 0 saturated carbocycles. The minimum Gasteiger partial charge on any atom is -0.450 e. The van der Waals surface area contributed by atoms with Gasteiger partial charge in [-0.3, -0.25) is 0 Å². The van der Waals surface area contributed by atoms with Crippen molar-refractivity contribution in [2.24, 2.45) is 0 Å². The predicted molar refractivity (Wildman–Crippen MR) is 69.4 cm³/mol. The molecule has 0 spiro atoms. The molecule has 1 aromatic rings. The monoisotopic (exact) mass is 255 g/mol. The lowest BCUT2D eigenvalue weighted by atomic mass is 9.95. The molecule has 3 nitrogen and oxygen atoms in total. The van der Waals surface area contributed by atoms with Crippen molar-refractivity contribution in [3.05, 3.63) is 34.9 Å². The van der Waals surface area contributed by atoms with E-state index >= 15 is 0 Å². The number of hydrogen-bond donors (Lipinski definition) is 1. The summed E-state index contributed by atoms with van der Waals surface area (Å²) in [5.41, 5.74) is 0.774. The van der Waals surface area contributed by atoms with Crippen LogP contribution in [0.4, 0.5) is 4.79 Å². The molecule has 0 atom stereocenters. The summed E-state index contributed by atoms with van der Waals surface area (Å²) in [7, 11) is 0. The van der Waals surface area contributed by atoms with Crippen molar-refractivity contribution in [3.8, 4) is 0 Å². The molecule has 0 aliphatic heterocycles. The molecule has 0 saturated heterocycles. The minimum absolute atomic E-state index is 0.347. The van der Waals surface area contributed by atoms with Crippen molar-refractivity contribution >= 4 is 17.7 Å². The zero-order valence-corrected chi connectivity index (χ0v) is 11.2. The van der Waals surface area contributed by atoms with Crippen LogP contribution in [0.2, 0.25) is 5.02 Å². The summed E-state index contributed by atoms with van der Waals surface area (Å²) >= 11 is 5.82. The Hall–Kier alpha value is -1.22. The van der Waals surface area contributed by atoms with Crippen LogP contribution >= 0.6 is 11.6 Å². The smallest absolute Gasteiger partial charge is 0.407 e. The zero-order valence-electron chi connectivity index (χ0n) is 10.4. The van der Waals surface area contributed by atoms with Crippen molar-refractivity contribution in [1.29, 1.82) is 0 Å². The maximum absolute atomic E-state index is 11.3. The lowest BCUT2D eigenvalue weighted by Gasteiger charge is -2.25. The molecular formula is C13H18ClNO2. The van der Waals surface area contributed by atoms with E-state index in [1.165, 1.54) is 0 Å². The molecule has 17 heavy (non-hydrogen) atoms. The zero-order chi connectivity index (χ0) is 12.9. The Morgan fingerprint density at radius 1 is 1.35 bits per heavy atom. The normalized spacial score (nSPS) is 11.1. The van der Waals surface area contributed by atoms with E-state index in [0.717, 1.165) is 12.0 Å². The topological polar surface area (TPSA) is 38.3 Å². The van der Waals surface area contributed by atoms with Gasteiger partial charge in [0.1, 0.15) is 0 Å². The fourth-order valence-electron chi connectivity index (χ4n) is 1.60. The fourth-order valence-corrected chi connectivity index (χ4v) is 1.73. The number of alkyl carbamates (subject to hydrolysis) is 1. The van der Waals surface area contributed by atoms with Crippen LogP contribution in [0.5, 0.6) is 0 Å². The van der Waals surface area contributed by atoms with Crippen LogP contribution in [-0.2, 0) is 11.2 Å². The molecule has 4 heteroatoms. The van der Waals surface area contributed by atoms with E-state index in [2.05, 4.69) is 5.32 Å². The molecule has 1 N–H and O–H groups in total. The molecule has 0 bridgehead atoms. The van der Waals surface area contributed by atoms with Crippen molar-refractivity contribution in [1.82, 2.24) is 5.32 Å². The summed E-state index contributed by atoms with van der Waals surface area (Å²) in [5, 5.41) is 3.54. The van der Waals surface area contributed by atoms with Gasteiger partial charge in [0.2, 0.25) is 0 Å². The third-order valence-corrected chi connectivity index (χ3v) is 2.53. The highest BCUT2D eigenvalue weighted by Gasteiger charge is 2.21. The second kappa shape index (κ2) is 5.92. The van der Waals surface area contributed by atoms with Crippen LogP contribution in [0.1, 0.15) is 26.3 Å². The van der Waals surface area contributed by atoms with Crippen LogP contribution in [0, 0.1) is 0 Å². The summed E-state index contributed by atoms with van der Waals surface area (Å²) < 4.78 is 4.86. The van der Waals surface area contributed by atoms with Gasteiger partial charge in [-0.05, 0) is 44.9 Å². The highest BCUT2D eigenvalue weighted by atomic mass is 35.5. The lowest BCUT2D eigenvalue weighted by molar-refractivity contribution is 0.141. The first-order valence-electron chi connectivity index (χ1n) is 5.62. The number of carbonyl (C=O) groups excluding carboxylic acids is 1. The lowest BCUT2D eigenvalue weighted by Crippen LogP contribution is -2.45. The van der Waals surface area contributed by atoms with Crippen LogP contribution < -0.4 is 5.32 Å². The molecule has 1 amide bonds. The van der Waals surface area contributed by atoms with Gasteiger partial charge in [-0.25, -0.2) is 4.79 Å². The molecule has 0 fully saturated rings. The number of rotatable bonds is 4. The molecule has 0 heterocycles.